The Morgan fingerprint density at radius 2 is 1.60 bits per heavy atom. The number of benzene rings is 1. The number of hydrogen-bond acceptors (Lipinski definition) is 8. The summed E-state index contributed by atoms with van der Waals surface area (Å²) in [5.74, 6) is -0.943. The molecule has 0 unspecified atom stereocenters. The maximum Gasteiger partial charge on any atom is 0.357 e. The zero-order chi connectivity index (χ0) is 22.3. The number of likely N-dealkylation sites (N-methyl/N-ethyl adjacent to an activating group) is 2. The molecule has 0 spiro atoms. The van der Waals surface area contributed by atoms with Crippen LogP contribution in [0.1, 0.15) is 10.5 Å². The molecule has 0 aliphatic rings. The summed E-state index contributed by atoms with van der Waals surface area (Å²) in [5, 5.41) is 1.08. The van der Waals surface area contributed by atoms with E-state index in [0.29, 0.717) is 29.0 Å². The molecule has 1 heterocycles. The van der Waals surface area contributed by atoms with E-state index in [4.69, 9.17) is 37.4 Å². The summed E-state index contributed by atoms with van der Waals surface area (Å²) in [7, 11) is 7.49. The molecule has 2 aromatic rings. The van der Waals surface area contributed by atoms with Crippen LogP contribution in [0.25, 0.3) is 10.9 Å². The minimum atomic E-state index is -0.617. The number of carbonyl (C=O) groups is 2. The van der Waals surface area contributed by atoms with Crippen LogP contribution >= 0.6 is 23.2 Å². The van der Waals surface area contributed by atoms with Crippen molar-refractivity contribution >= 4 is 46.0 Å². The fourth-order valence-electron chi connectivity index (χ4n) is 2.38. The molecule has 0 N–H and O–H groups in total. The van der Waals surface area contributed by atoms with Crippen molar-refractivity contribution in [3.8, 4) is 5.75 Å². The highest BCUT2D eigenvalue weighted by molar-refractivity contribution is 6.39. The van der Waals surface area contributed by atoms with Crippen molar-refractivity contribution in [2.75, 3.05) is 61.1 Å². The van der Waals surface area contributed by atoms with Crippen molar-refractivity contribution in [1.82, 2.24) is 14.8 Å². The minimum Gasteiger partial charge on any atom is -0.481 e. The number of carbonyl (C=O) groups excluding carboxylic acids is 2. The molecule has 164 valence electrons. The van der Waals surface area contributed by atoms with Crippen LogP contribution < -0.4 is 4.74 Å². The highest BCUT2D eigenvalue weighted by atomic mass is 35.5. The van der Waals surface area contributed by atoms with Gasteiger partial charge in [-0.15, -0.1) is 0 Å². The van der Waals surface area contributed by atoms with Gasteiger partial charge in [0.25, 0.3) is 0 Å². The topological polar surface area (TPSA) is 81.2 Å². The summed E-state index contributed by atoms with van der Waals surface area (Å²) in [6, 6.07) is 4.49. The molecule has 0 radical (unpaired) electrons. The summed E-state index contributed by atoms with van der Waals surface area (Å²) < 4.78 is 16.0. The Morgan fingerprint density at radius 3 is 2.23 bits per heavy atom. The van der Waals surface area contributed by atoms with Crippen molar-refractivity contribution in [1.29, 1.82) is 0 Å². The Labute approximate surface area is 185 Å². The van der Waals surface area contributed by atoms with E-state index in [2.05, 4.69) is 4.98 Å². The number of nitrogens with zero attached hydrogens (tertiary/aromatic N) is 3. The standard InChI is InChI=1S/C20H25Cl2N3O5/c1-24(2)5-7-28-18(26)12-30-17-11-16(20(27)29-8-6-25(3)4)23-15-10-13(21)9-14(22)19(15)17/h9-11H,5-8,12H2,1-4H3. The van der Waals surface area contributed by atoms with Crippen molar-refractivity contribution < 1.29 is 23.8 Å². The number of ether oxygens (including phenoxy) is 3. The third-order valence-electron chi connectivity index (χ3n) is 3.92. The van der Waals surface area contributed by atoms with Gasteiger partial charge in [-0.1, -0.05) is 23.2 Å². The quantitative estimate of drug-likeness (QED) is 0.503. The summed E-state index contributed by atoms with van der Waals surface area (Å²) in [4.78, 5) is 32.4. The second kappa shape index (κ2) is 11.3. The molecule has 10 heteroatoms. The lowest BCUT2D eigenvalue weighted by atomic mass is 10.1. The first-order valence-electron chi connectivity index (χ1n) is 9.22. The van der Waals surface area contributed by atoms with E-state index in [9.17, 15) is 9.59 Å². The predicted octanol–water partition coefficient (Wildman–Crippen LogP) is 2.74. The van der Waals surface area contributed by atoms with Crippen LogP contribution in [0.4, 0.5) is 0 Å². The van der Waals surface area contributed by atoms with E-state index < -0.39 is 11.9 Å². The van der Waals surface area contributed by atoms with E-state index >= 15 is 0 Å². The van der Waals surface area contributed by atoms with Gasteiger partial charge in [0.2, 0.25) is 0 Å². The molecule has 2 rings (SSSR count). The highest BCUT2D eigenvalue weighted by Crippen LogP contribution is 2.34. The lowest BCUT2D eigenvalue weighted by molar-refractivity contribution is -0.146. The number of esters is 2. The fourth-order valence-corrected chi connectivity index (χ4v) is 2.96. The lowest BCUT2D eigenvalue weighted by Crippen LogP contribution is -2.23. The Kier molecular flexibility index (Phi) is 9.10. The lowest BCUT2D eigenvalue weighted by Gasteiger charge is -2.14. The molecule has 0 saturated carbocycles. The largest absolute Gasteiger partial charge is 0.481 e. The maximum absolute atomic E-state index is 12.4. The molecule has 0 saturated heterocycles. The molecule has 0 aliphatic heterocycles. The maximum atomic E-state index is 12.4. The van der Waals surface area contributed by atoms with Gasteiger partial charge in [-0.05, 0) is 40.3 Å². The van der Waals surface area contributed by atoms with Crippen LogP contribution in [0.5, 0.6) is 5.75 Å². The van der Waals surface area contributed by atoms with Crippen molar-refractivity contribution in [3.63, 3.8) is 0 Å². The van der Waals surface area contributed by atoms with Crippen LogP contribution in [0, 0.1) is 0 Å². The summed E-state index contributed by atoms with van der Waals surface area (Å²) in [5.41, 5.74) is 0.376. The molecule has 0 bridgehead atoms. The van der Waals surface area contributed by atoms with Crippen LogP contribution in [-0.2, 0) is 14.3 Å². The van der Waals surface area contributed by atoms with Crippen LogP contribution in [0.3, 0.4) is 0 Å². The number of hydrogen-bond donors (Lipinski definition) is 0. The molecule has 0 atom stereocenters. The molecular weight excluding hydrogens is 433 g/mol. The Hall–Kier alpha value is -2.13. The van der Waals surface area contributed by atoms with Gasteiger partial charge >= 0.3 is 11.9 Å². The number of pyridine rings is 1. The molecular formula is C20H25Cl2N3O5. The van der Waals surface area contributed by atoms with Crippen molar-refractivity contribution in [2.45, 2.75) is 0 Å². The van der Waals surface area contributed by atoms with E-state index in [1.807, 2.05) is 38.0 Å². The normalized spacial score (nSPS) is 11.2. The summed E-state index contributed by atoms with van der Waals surface area (Å²) in [6.45, 7) is 1.26. The molecule has 0 aliphatic carbocycles. The summed E-state index contributed by atoms with van der Waals surface area (Å²) >= 11 is 12.4. The molecule has 8 nitrogen and oxygen atoms in total. The summed E-state index contributed by atoms with van der Waals surface area (Å²) in [6.07, 6.45) is 0. The first-order chi connectivity index (χ1) is 14.2. The fraction of sp³-hybridized carbons (Fsp3) is 0.450. The average molecular weight is 458 g/mol. The van der Waals surface area contributed by atoms with Gasteiger partial charge in [-0.2, -0.15) is 0 Å². The van der Waals surface area contributed by atoms with E-state index in [-0.39, 0.29) is 36.3 Å². The second-order valence-electron chi connectivity index (χ2n) is 7.04. The SMILES string of the molecule is CN(C)CCOC(=O)COc1cc(C(=O)OCCN(C)C)nc2cc(Cl)cc(Cl)c12. The van der Waals surface area contributed by atoms with E-state index in [1.54, 1.807) is 6.07 Å². The third kappa shape index (κ3) is 7.28. The molecule has 1 aromatic carbocycles. The van der Waals surface area contributed by atoms with Crippen LogP contribution in [-0.4, -0.2) is 87.8 Å². The van der Waals surface area contributed by atoms with Crippen molar-refractivity contribution in [2.24, 2.45) is 0 Å². The third-order valence-corrected chi connectivity index (χ3v) is 4.43. The van der Waals surface area contributed by atoms with Gasteiger partial charge in [0.15, 0.2) is 12.3 Å². The van der Waals surface area contributed by atoms with E-state index in [0.717, 1.165) is 0 Å². The molecule has 0 fully saturated rings. The van der Waals surface area contributed by atoms with Crippen LogP contribution in [0.15, 0.2) is 18.2 Å². The highest BCUT2D eigenvalue weighted by Gasteiger charge is 2.18. The second-order valence-corrected chi connectivity index (χ2v) is 7.88. The number of rotatable bonds is 10. The van der Waals surface area contributed by atoms with Gasteiger partial charge in [0.1, 0.15) is 19.0 Å². The monoisotopic (exact) mass is 457 g/mol. The molecule has 0 amide bonds. The van der Waals surface area contributed by atoms with Gasteiger partial charge in [0.05, 0.1) is 15.9 Å². The van der Waals surface area contributed by atoms with E-state index in [1.165, 1.54) is 12.1 Å². The van der Waals surface area contributed by atoms with Gasteiger partial charge in [-0.3, -0.25) is 0 Å². The Balaban J connectivity index is 2.22. The smallest absolute Gasteiger partial charge is 0.357 e. The van der Waals surface area contributed by atoms with Crippen molar-refractivity contribution in [3.05, 3.63) is 33.9 Å². The van der Waals surface area contributed by atoms with Gasteiger partial charge in [0, 0.05) is 24.2 Å². The Morgan fingerprint density at radius 1 is 0.967 bits per heavy atom. The van der Waals surface area contributed by atoms with Crippen LogP contribution in [0.2, 0.25) is 10.0 Å². The first-order valence-corrected chi connectivity index (χ1v) is 9.97. The minimum absolute atomic E-state index is 0.0237. The average Bonchev–Trinajstić information content (AvgIpc) is 2.64. The zero-order valence-corrected chi connectivity index (χ0v) is 18.9. The zero-order valence-electron chi connectivity index (χ0n) is 17.4. The Bertz CT molecular complexity index is 906. The number of fused-ring (bicyclic) bond motifs is 1. The number of halogens is 2. The molecule has 1 aromatic heterocycles. The molecule has 30 heavy (non-hydrogen) atoms. The van der Waals surface area contributed by atoms with Gasteiger partial charge in [-0.25, -0.2) is 14.6 Å². The predicted molar refractivity (Wildman–Crippen MR) is 116 cm³/mol. The number of aromatic nitrogens is 1. The first kappa shape index (κ1) is 24.1. The van der Waals surface area contributed by atoms with Gasteiger partial charge < -0.3 is 24.0 Å².